The molecule has 0 unspecified atom stereocenters. The van der Waals surface area contributed by atoms with E-state index >= 15 is 0 Å². The predicted octanol–water partition coefficient (Wildman–Crippen LogP) is 1.42. The number of carbonyl (C=O) groups excluding carboxylic acids is 3. The first kappa shape index (κ1) is 16.8. The van der Waals surface area contributed by atoms with Gasteiger partial charge in [-0.15, -0.1) is 0 Å². The molecule has 7 heteroatoms. The lowest BCUT2D eigenvalue weighted by Gasteiger charge is -2.28. The van der Waals surface area contributed by atoms with Crippen molar-refractivity contribution >= 4 is 29.6 Å². The Kier molecular flexibility index (Phi) is 4.80. The molecule has 0 aliphatic carbocycles. The summed E-state index contributed by atoms with van der Waals surface area (Å²) in [6.07, 6.45) is 0.437. The van der Waals surface area contributed by atoms with Crippen LogP contribution in [-0.4, -0.2) is 58.8 Å². The zero-order chi connectivity index (χ0) is 17.2. The van der Waals surface area contributed by atoms with Crippen LogP contribution in [0.3, 0.4) is 0 Å². The predicted molar refractivity (Wildman–Crippen MR) is 92.6 cm³/mol. The summed E-state index contributed by atoms with van der Waals surface area (Å²) in [6, 6.07) is 8.70. The maximum Gasteiger partial charge on any atom is 0.325 e. The van der Waals surface area contributed by atoms with Crippen LogP contribution in [0.25, 0.3) is 0 Å². The first-order chi connectivity index (χ1) is 11.6. The Morgan fingerprint density at radius 1 is 1.21 bits per heavy atom. The average Bonchev–Trinajstić information content (AvgIpc) is 2.88. The minimum absolute atomic E-state index is 0.168. The fraction of sp³-hybridized carbons (Fsp3) is 0.471. The van der Waals surface area contributed by atoms with E-state index in [0.717, 1.165) is 22.0 Å². The maximum absolute atomic E-state index is 13.0. The molecule has 0 saturated carbocycles. The second-order valence-electron chi connectivity index (χ2n) is 5.94. The molecule has 1 N–H and O–H groups in total. The third-order valence-electron chi connectivity index (χ3n) is 4.63. The summed E-state index contributed by atoms with van der Waals surface area (Å²) >= 11 is 1.81. The molecule has 3 rings (SSSR count). The number of rotatable bonds is 4. The monoisotopic (exact) mass is 347 g/mol. The largest absolute Gasteiger partial charge is 0.339 e. The second-order valence-corrected chi connectivity index (χ2v) is 7.16. The van der Waals surface area contributed by atoms with Crippen LogP contribution < -0.4 is 5.32 Å². The molecule has 0 spiro atoms. The van der Waals surface area contributed by atoms with Crippen molar-refractivity contribution in [2.75, 3.05) is 31.1 Å². The van der Waals surface area contributed by atoms with Gasteiger partial charge in [0.15, 0.2) is 0 Å². The number of thioether (sulfide) groups is 1. The molecule has 2 aliphatic rings. The van der Waals surface area contributed by atoms with Gasteiger partial charge in [-0.1, -0.05) is 37.3 Å². The van der Waals surface area contributed by atoms with Crippen molar-refractivity contribution in [2.45, 2.75) is 18.9 Å². The van der Waals surface area contributed by atoms with Crippen LogP contribution >= 0.6 is 11.8 Å². The number of amides is 4. The highest BCUT2D eigenvalue weighted by Crippen LogP contribution is 2.32. The molecule has 6 nitrogen and oxygen atoms in total. The number of nitrogens with zero attached hydrogens (tertiary/aromatic N) is 2. The molecule has 4 amide bonds. The number of urea groups is 1. The van der Waals surface area contributed by atoms with E-state index in [2.05, 4.69) is 5.32 Å². The van der Waals surface area contributed by atoms with Gasteiger partial charge in [-0.25, -0.2) is 4.79 Å². The van der Waals surface area contributed by atoms with Gasteiger partial charge >= 0.3 is 6.03 Å². The van der Waals surface area contributed by atoms with Gasteiger partial charge in [0.1, 0.15) is 12.1 Å². The Morgan fingerprint density at radius 3 is 2.50 bits per heavy atom. The second kappa shape index (κ2) is 6.84. The van der Waals surface area contributed by atoms with Crippen LogP contribution in [0.5, 0.6) is 0 Å². The van der Waals surface area contributed by atoms with Crippen LogP contribution in [-0.2, 0) is 15.1 Å². The zero-order valence-electron chi connectivity index (χ0n) is 13.7. The van der Waals surface area contributed by atoms with E-state index in [4.69, 9.17) is 0 Å². The van der Waals surface area contributed by atoms with Crippen molar-refractivity contribution in [3.8, 4) is 0 Å². The van der Waals surface area contributed by atoms with Crippen molar-refractivity contribution in [2.24, 2.45) is 0 Å². The van der Waals surface area contributed by atoms with Crippen molar-refractivity contribution in [1.29, 1.82) is 0 Å². The van der Waals surface area contributed by atoms with Crippen molar-refractivity contribution in [1.82, 2.24) is 15.1 Å². The standard InChI is InChI=1S/C17H21N3O3S/c1-2-17(13-6-4-3-5-7-13)15(22)20(16(23)18-17)12-14(21)19-8-10-24-11-9-19/h3-7H,2,8-12H2,1H3,(H,18,23)/t17-/m0/s1. The molecule has 2 saturated heterocycles. The van der Waals surface area contributed by atoms with E-state index in [9.17, 15) is 14.4 Å². The van der Waals surface area contributed by atoms with E-state index < -0.39 is 11.6 Å². The highest BCUT2D eigenvalue weighted by molar-refractivity contribution is 7.99. The van der Waals surface area contributed by atoms with E-state index in [1.54, 1.807) is 16.7 Å². The van der Waals surface area contributed by atoms with Gasteiger partial charge in [0, 0.05) is 24.6 Å². The molecule has 0 aromatic heterocycles. The SMILES string of the molecule is CC[C@@]1(c2ccccc2)NC(=O)N(CC(=O)N2CCSCC2)C1=O. The molecule has 128 valence electrons. The van der Waals surface area contributed by atoms with Gasteiger partial charge in [-0.2, -0.15) is 11.8 Å². The molecule has 24 heavy (non-hydrogen) atoms. The lowest BCUT2D eigenvalue weighted by atomic mass is 9.87. The van der Waals surface area contributed by atoms with Crippen molar-refractivity contribution in [3.05, 3.63) is 35.9 Å². The van der Waals surface area contributed by atoms with Crippen LogP contribution in [0.15, 0.2) is 30.3 Å². The Labute approximate surface area is 145 Å². The van der Waals surface area contributed by atoms with Crippen molar-refractivity contribution in [3.63, 3.8) is 0 Å². The highest BCUT2D eigenvalue weighted by Gasteiger charge is 2.51. The molecular formula is C17H21N3O3S. The summed E-state index contributed by atoms with van der Waals surface area (Å²) in [7, 11) is 0. The molecular weight excluding hydrogens is 326 g/mol. The van der Waals surface area contributed by atoms with E-state index in [0.29, 0.717) is 19.5 Å². The average molecular weight is 347 g/mol. The minimum atomic E-state index is -1.07. The smallest absolute Gasteiger partial charge is 0.325 e. The zero-order valence-corrected chi connectivity index (χ0v) is 14.5. The highest BCUT2D eigenvalue weighted by atomic mass is 32.2. The third-order valence-corrected chi connectivity index (χ3v) is 5.57. The number of benzene rings is 1. The van der Waals surface area contributed by atoms with E-state index in [1.165, 1.54) is 0 Å². The molecule has 1 atom stereocenters. The first-order valence-corrected chi connectivity index (χ1v) is 9.29. The molecule has 1 aromatic rings. The number of imide groups is 1. The van der Waals surface area contributed by atoms with Crippen LogP contribution in [0.2, 0.25) is 0 Å². The molecule has 2 heterocycles. The Hall–Kier alpha value is -2.02. The van der Waals surface area contributed by atoms with E-state index in [-0.39, 0.29) is 18.4 Å². The quantitative estimate of drug-likeness (QED) is 0.837. The number of nitrogens with one attached hydrogen (secondary N) is 1. The number of carbonyl (C=O) groups is 3. The lowest BCUT2D eigenvalue weighted by Crippen LogP contribution is -2.47. The Bertz CT molecular complexity index is 646. The van der Waals surface area contributed by atoms with Crippen LogP contribution in [0, 0.1) is 0 Å². The molecule has 0 radical (unpaired) electrons. The molecule has 0 bridgehead atoms. The van der Waals surface area contributed by atoms with Gasteiger partial charge in [-0.05, 0) is 12.0 Å². The summed E-state index contributed by atoms with van der Waals surface area (Å²) in [6.45, 7) is 3.01. The van der Waals surface area contributed by atoms with Crippen LogP contribution in [0.4, 0.5) is 4.79 Å². The van der Waals surface area contributed by atoms with E-state index in [1.807, 2.05) is 37.3 Å². The fourth-order valence-corrected chi connectivity index (χ4v) is 4.08. The normalized spacial score (nSPS) is 24.2. The maximum atomic E-state index is 13.0. The summed E-state index contributed by atoms with van der Waals surface area (Å²) in [5.74, 6) is 1.28. The molecule has 2 fully saturated rings. The summed E-state index contributed by atoms with van der Waals surface area (Å²) < 4.78 is 0. The minimum Gasteiger partial charge on any atom is -0.339 e. The van der Waals surface area contributed by atoms with Gasteiger partial charge in [0.25, 0.3) is 5.91 Å². The molecule has 2 aliphatic heterocycles. The van der Waals surface area contributed by atoms with Gasteiger partial charge < -0.3 is 10.2 Å². The van der Waals surface area contributed by atoms with Gasteiger partial charge in [-0.3, -0.25) is 14.5 Å². The van der Waals surface area contributed by atoms with Crippen LogP contribution in [0.1, 0.15) is 18.9 Å². The topological polar surface area (TPSA) is 69.7 Å². The third kappa shape index (κ3) is 2.88. The lowest BCUT2D eigenvalue weighted by molar-refractivity contribution is -0.139. The Balaban J connectivity index is 1.79. The summed E-state index contributed by atoms with van der Waals surface area (Å²) in [4.78, 5) is 40.5. The number of hydrogen-bond acceptors (Lipinski definition) is 4. The summed E-state index contributed by atoms with van der Waals surface area (Å²) in [5.41, 5.74) is -0.328. The van der Waals surface area contributed by atoms with Crippen molar-refractivity contribution < 1.29 is 14.4 Å². The summed E-state index contributed by atoms with van der Waals surface area (Å²) in [5, 5.41) is 2.80. The van der Waals surface area contributed by atoms with Gasteiger partial charge in [0.05, 0.1) is 0 Å². The fourth-order valence-electron chi connectivity index (χ4n) is 3.18. The Morgan fingerprint density at radius 2 is 1.88 bits per heavy atom. The van der Waals surface area contributed by atoms with Gasteiger partial charge in [0.2, 0.25) is 5.91 Å². The number of hydrogen-bond donors (Lipinski definition) is 1. The first-order valence-electron chi connectivity index (χ1n) is 8.13. The molecule has 1 aromatic carbocycles.